The number of hydrogen-bond donors (Lipinski definition) is 1. The molecule has 0 unspecified atom stereocenters. The first-order valence-corrected chi connectivity index (χ1v) is 7.42. The summed E-state index contributed by atoms with van der Waals surface area (Å²) in [6, 6.07) is 1.80. The van der Waals surface area contributed by atoms with E-state index in [9.17, 15) is 4.79 Å². The Morgan fingerprint density at radius 1 is 1.39 bits per heavy atom. The second kappa shape index (κ2) is 7.10. The number of nitrogens with zero attached hydrogens (tertiary/aromatic N) is 5. The smallest absolute Gasteiger partial charge is 0.249 e. The van der Waals surface area contributed by atoms with Crippen molar-refractivity contribution in [2.24, 2.45) is 0 Å². The molecular weight excluding hydrogens is 296 g/mol. The number of likely N-dealkylation sites (tertiary alicyclic amines) is 1. The zero-order chi connectivity index (χ0) is 16.1. The fourth-order valence-corrected chi connectivity index (χ4v) is 2.68. The number of anilines is 2. The van der Waals surface area contributed by atoms with Crippen molar-refractivity contribution in [3.05, 3.63) is 36.5 Å². The number of methoxy groups -OCH3 is 1. The van der Waals surface area contributed by atoms with Crippen LogP contribution in [0.2, 0.25) is 0 Å². The summed E-state index contributed by atoms with van der Waals surface area (Å²) in [5.41, 5.74) is 0.813. The highest BCUT2D eigenvalue weighted by atomic mass is 16.5. The molecule has 1 atom stereocenters. The number of amides is 1. The van der Waals surface area contributed by atoms with Crippen molar-refractivity contribution in [3.8, 4) is 0 Å². The van der Waals surface area contributed by atoms with Gasteiger partial charge in [0.25, 0.3) is 0 Å². The lowest BCUT2D eigenvalue weighted by atomic mass is 10.1. The molecule has 0 spiro atoms. The van der Waals surface area contributed by atoms with E-state index in [1.54, 1.807) is 24.8 Å². The average molecular weight is 314 g/mol. The van der Waals surface area contributed by atoms with Crippen LogP contribution in [0.4, 0.5) is 11.8 Å². The minimum atomic E-state index is -0.0388. The van der Waals surface area contributed by atoms with Crippen LogP contribution in [0, 0.1) is 0 Å². The Hall–Kier alpha value is -2.61. The molecule has 120 valence electrons. The van der Waals surface area contributed by atoms with Gasteiger partial charge in [-0.3, -0.25) is 9.78 Å². The van der Waals surface area contributed by atoms with Crippen LogP contribution in [-0.2, 0) is 9.53 Å². The van der Waals surface area contributed by atoms with E-state index in [0.29, 0.717) is 11.8 Å². The average Bonchev–Trinajstić information content (AvgIpc) is 3.06. The maximum absolute atomic E-state index is 12.1. The maximum Gasteiger partial charge on any atom is 0.249 e. The van der Waals surface area contributed by atoms with Gasteiger partial charge < -0.3 is 15.0 Å². The normalized spacial score (nSPS) is 17.3. The zero-order valence-corrected chi connectivity index (χ0v) is 12.8. The topological polar surface area (TPSA) is 93.1 Å². The van der Waals surface area contributed by atoms with E-state index in [1.165, 1.54) is 7.11 Å². The van der Waals surface area contributed by atoms with Gasteiger partial charge in [-0.15, -0.1) is 0 Å². The molecule has 1 aliphatic rings. The Morgan fingerprint density at radius 3 is 3.09 bits per heavy atom. The van der Waals surface area contributed by atoms with E-state index in [4.69, 9.17) is 4.74 Å². The number of nitrogens with one attached hydrogen (secondary N) is 1. The molecule has 0 aliphatic carbocycles. The second-order valence-electron chi connectivity index (χ2n) is 5.20. The predicted octanol–water partition coefficient (Wildman–Crippen LogP) is 1.32. The Balaban J connectivity index is 1.77. The van der Waals surface area contributed by atoms with Crippen LogP contribution in [-0.4, -0.2) is 51.0 Å². The van der Waals surface area contributed by atoms with E-state index in [2.05, 4.69) is 25.3 Å². The van der Waals surface area contributed by atoms with E-state index in [-0.39, 0.29) is 18.6 Å². The first-order chi connectivity index (χ1) is 11.3. The van der Waals surface area contributed by atoms with Gasteiger partial charge in [0.05, 0.1) is 17.9 Å². The van der Waals surface area contributed by atoms with Crippen LogP contribution in [0.1, 0.15) is 24.6 Å². The summed E-state index contributed by atoms with van der Waals surface area (Å²) in [6.45, 7) is 0.816. The van der Waals surface area contributed by atoms with E-state index in [0.717, 1.165) is 25.1 Å². The Bertz CT molecular complexity index is 666. The third kappa shape index (κ3) is 3.59. The van der Waals surface area contributed by atoms with Gasteiger partial charge in [0, 0.05) is 32.2 Å². The van der Waals surface area contributed by atoms with Crippen LogP contribution in [0.25, 0.3) is 0 Å². The summed E-state index contributed by atoms with van der Waals surface area (Å²) in [7, 11) is 1.52. The van der Waals surface area contributed by atoms with Crippen molar-refractivity contribution in [2.45, 2.75) is 18.9 Å². The first-order valence-electron chi connectivity index (χ1n) is 7.42. The quantitative estimate of drug-likeness (QED) is 0.889. The van der Waals surface area contributed by atoms with Crippen molar-refractivity contribution < 1.29 is 9.53 Å². The Kier molecular flexibility index (Phi) is 4.72. The SMILES string of the molecule is COCC(=O)N1CCC[C@@H]1c1ccnc(Nc2cnccn2)n1. The molecule has 1 N–H and O–H groups in total. The highest BCUT2D eigenvalue weighted by Crippen LogP contribution is 2.31. The van der Waals surface area contributed by atoms with Gasteiger partial charge in [0.2, 0.25) is 11.9 Å². The molecule has 1 fully saturated rings. The van der Waals surface area contributed by atoms with Gasteiger partial charge in [0.15, 0.2) is 5.82 Å². The van der Waals surface area contributed by atoms with Crippen molar-refractivity contribution in [3.63, 3.8) is 0 Å². The fraction of sp³-hybridized carbons (Fsp3) is 0.400. The van der Waals surface area contributed by atoms with Crippen LogP contribution in [0.15, 0.2) is 30.9 Å². The summed E-state index contributed by atoms with van der Waals surface area (Å²) in [4.78, 5) is 30.8. The lowest BCUT2D eigenvalue weighted by molar-refractivity contribution is -0.136. The number of aromatic nitrogens is 4. The minimum Gasteiger partial charge on any atom is -0.375 e. The van der Waals surface area contributed by atoms with Gasteiger partial charge in [-0.05, 0) is 18.9 Å². The molecule has 0 aromatic carbocycles. The van der Waals surface area contributed by atoms with Crippen LogP contribution >= 0.6 is 0 Å². The number of carbonyl (C=O) groups excluding carboxylic acids is 1. The number of carbonyl (C=O) groups is 1. The highest BCUT2D eigenvalue weighted by Gasteiger charge is 2.30. The summed E-state index contributed by atoms with van der Waals surface area (Å²) in [6.07, 6.45) is 8.31. The molecule has 8 nitrogen and oxygen atoms in total. The summed E-state index contributed by atoms with van der Waals surface area (Å²) in [5.74, 6) is 0.995. The second-order valence-corrected chi connectivity index (χ2v) is 5.20. The zero-order valence-electron chi connectivity index (χ0n) is 12.8. The van der Waals surface area contributed by atoms with E-state index >= 15 is 0 Å². The molecule has 2 aromatic heterocycles. The molecule has 1 amide bonds. The molecule has 0 bridgehead atoms. The van der Waals surface area contributed by atoms with Crippen molar-refractivity contribution >= 4 is 17.7 Å². The lowest BCUT2D eigenvalue weighted by Gasteiger charge is -2.24. The predicted molar refractivity (Wildman–Crippen MR) is 82.9 cm³/mol. The summed E-state index contributed by atoms with van der Waals surface area (Å²) in [5, 5.41) is 3.01. The Labute approximate surface area is 134 Å². The molecule has 1 aliphatic heterocycles. The molecule has 23 heavy (non-hydrogen) atoms. The van der Waals surface area contributed by atoms with Crippen LogP contribution < -0.4 is 5.32 Å². The minimum absolute atomic E-state index is 0.0166. The molecule has 3 heterocycles. The van der Waals surface area contributed by atoms with Crippen molar-refractivity contribution in [1.29, 1.82) is 0 Å². The van der Waals surface area contributed by atoms with Crippen molar-refractivity contribution in [2.75, 3.05) is 25.6 Å². The standard InChI is InChI=1S/C15H18N6O2/c1-23-10-14(22)21-8-2-3-12(21)11-4-5-18-15(19-11)20-13-9-16-6-7-17-13/h4-7,9,12H,2-3,8,10H2,1H3,(H,17,18,19,20)/t12-/m1/s1. The summed E-state index contributed by atoms with van der Waals surface area (Å²) < 4.78 is 4.95. The van der Waals surface area contributed by atoms with E-state index in [1.807, 2.05) is 11.0 Å². The molecule has 2 aromatic rings. The van der Waals surface area contributed by atoms with Gasteiger partial charge >= 0.3 is 0 Å². The third-order valence-corrected chi connectivity index (χ3v) is 3.66. The largest absolute Gasteiger partial charge is 0.375 e. The maximum atomic E-state index is 12.1. The van der Waals surface area contributed by atoms with E-state index < -0.39 is 0 Å². The third-order valence-electron chi connectivity index (χ3n) is 3.66. The molecule has 0 saturated carbocycles. The number of ether oxygens (including phenoxy) is 1. The molecule has 3 rings (SSSR count). The van der Waals surface area contributed by atoms with Gasteiger partial charge in [-0.1, -0.05) is 0 Å². The van der Waals surface area contributed by atoms with Crippen molar-refractivity contribution in [1.82, 2.24) is 24.8 Å². The van der Waals surface area contributed by atoms with Crippen LogP contribution in [0.3, 0.4) is 0 Å². The molecule has 8 heteroatoms. The van der Waals surface area contributed by atoms with Gasteiger partial charge in [-0.2, -0.15) is 0 Å². The molecule has 1 saturated heterocycles. The number of rotatable bonds is 5. The van der Waals surface area contributed by atoms with Gasteiger partial charge in [-0.25, -0.2) is 15.0 Å². The Morgan fingerprint density at radius 2 is 2.30 bits per heavy atom. The fourth-order valence-electron chi connectivity index (χ4n) is 2.68. The lowest BCUT2D eigenvalue weighted by Crippen LogP contribution is -2.33. The highest BCUT2D eigenvalue weighted by molar-refractivity contribution is 5.78. The van der Waals surface area contributed by atoms with Gasteiger partial charge in [0.1, 0.15) is 6.61 Å². The first kappa shape index (κ1) is 15.3. The summed E-state index contributed by atoms with van der Waals surface area (Å²) >= 11 is 0. The molecular formula is C15H18N6O2. The van der Waals surface area contributed by atoms with Crippen LogP contribution in [0.5, 0.6) is 0 Å². The molecule has 0 radical (unpaired) electrons. The monoisotopic (exact) mass is 314 g/mol. The number of hydrogen-bond acceptors (Lipinski definition) is 7.